The number of fused-ring (bicyclic) bond motifs is 2. The van der Waals surface area contributed by atoms with E-state index >= 15 is 0 Å². The van der Waals surface area contributed by atoms with Crippen LogP contribution >= 0.6 is 0 Å². The van der Waals surface area contributed by atoms with Gasteiger partial charge in [0, 0.05) is 44.0 Å². The molecule has 2 fully saturated rings. The summed E-state index contributed by atoms with van der Waals surface area (Å²) < 4.78 is 11.7. The first-order valence-electron chi connectivity index (χ1n) is 13.9. The highest BCUT2D eigenvalue weighted by molar-refractivity contribution is 5.98. The molecule has 0 unspecified atom stereocenters. The number of carbonyl (C=O) groups is 3. The maximum atomic E-state index is 13.5. The van der Waals surface area contributed by atoms with Gasteiger partial charge in [-0.25, -0.2) is 0 Å². The zero-order chi connectivity index (χ0) is 28.3. The van der Waals surface area contributed by atoms with Gasteiger partial charge in [0.1, 0.15) is 11.4 Å². The van der Waals surface area contributed by atoms with Gasteiger partial charge in [-0.3, -0.25) is 19.3 Å². The number of nitrogens with zero attached hydrogens (tertiary/aromatic N) is 1. The molecule has 3 atom stereocenters. The van der Waals surface area contributed by atoms with Gasteiger partial charge in [-0.1, -0.05) is 48.5 Å². The molecule has 1 amide bonds. The number of ether oxygens (including phenoxy) is 2. The minimum absolute atomic E-state index is 0.122. The van der Waals surface area contributed by atoms with Crippen LogP contribution in [-0.2, 0) is 19.7 Å². The van der Waals surface area contributed by atoms with Crippen molar-refractivity contribution in [2.45, 2.75) is 56.6 Å². The van der Waals surface area contributed by atoms with E-state index in [-0.39, 0.29) is 17.9 Å². The van der Waals surface area contributed by atoms with Gasteiger partial charge < -0.3 is 14.8 Å². The Morgan fingerprint density at radius 1 is 1.00 bits per heavy atom. The molecule has 2 aliphatic rings. The lowest BCUT2D eigenvalue weighted by Gasteiger charge is -2.59. The second-order valence-corrected chi connectivity index (χ2v) is 11.0. The van der Waals surface area contributed by atoms with E-state index < -0.39 is 17.0 Å². The smallest absolute Gasteiger partial charge is 0.308 e. The summed E-state index contributed by atoms with van der Waals surface area (Å²) in [4.78, 5) is 40.0. The van der Waals surface area contributed by atoms with E-state index in [1.54, 1.807) is 6.07 Å². The molecule has 208 valence electrons. The third-order valence-electron chi connectivity index (χ3n) is 8.42. The summed E-state index contributed by atoms with van der Waals surface area (Å²) in [6.07, 6.45) is 4.41. The standard InChI is InChI=1S/C33H36N2O5/c1-4-17-35-18-16-32(28-10-7-11-30(20-28)39-23(2)36)21-29(14-15-33(32,22-35)40-24(3)37)34-31(38)27-13-12-25-8-5-6-9-26(25)19-27/h4-13,19-20,29H,1,14-18,21-22H2,2-3H3,(H,34,38)/t29-,32-,33-/m0/s1. The summed E-state index contributed by atoms with van der Waals surface area (Å²) in [5.41, 5.74) is 0.156. The average molecular weight is 541 g/mol. The lowest BCUT2D eigenvalue weighted by atomic mass is 9.55. The van der Waals surface area contributed by atoms with Crippen molar-refractivity contribution in [2.24, 2.45) is 0 Å². The van der Waals surface area contributed by atoms with Crippen molar-refractivity contribution in [1.82, 2.24) is 10.2 Å². The zero-order valence-corrected chi connectivity index (χ0v) is 23.2. The van der Waals surface area contributed by atoms with Crippen LogP contribution in [0.1, 0.15) is 55.5 Å². The number of esters is 2. The fourth-order valence-corrected chi connectivity index (χ4v) is 6.77. The van der Waals surface area contributed by atoms with Gasteiger partial charge in [0.05, 0.1) is 0 Å². The molecule has 7 heteroatoms. The van der Waals surface area contributed by atoms with Crippen LogP contribution in [0, 0.1) is 0 Å². The maximum absolute atomic E-state index is 13.5. The number of hydrogen-bond acceptors (Lipinski definition) is 6. The highest BCUT2D eigenvalue weighted by Crippen LogP contribution is 2.54. The van der Waals surface area contributed by atoms with Crippen LogP contribution in [0.4, 0.5) is 0 Å². The highest BCUT2D eigenvalue weighted by atomic mass is 16.6. The SMILES string of the molecule is C=CCN1CC[C@@]2(c3cccc(OC(C)=O)c3)C[C@@H](NC(=O)c3ccc4ccccc4c3)CC[C@]2(OC(C)=O)C1. The Labute approximate surface area is 235 Å². The summed E-state index contributed by atoms with van der Waals surface area (Å²) in [7, 11) is 0. The molecule has 7 nitrogen and oxygen atoms in total. The summed E-state index contributed by atoms with van der Waals surface area (Å²) in [5, 5.41) is 5.39. The molecule has 1 N–H and O–H groups in total. The molecule has 0 bridgehead atoms. The van der Waals surface area contributed by atoms with Gasteiger partial charge in [0.15, 0.2) is 0 Å². The van der Waals surface area contributed by atoms with Crippen molar-refractivity contribution >= 4 is 28.6 Å². The second-order valence-electron chi connectivity index (χ2n) is 11.0. The molecule has 1 aliphatic heterocycles. The molecule has 0 spiro atoms. The molecular weight excluding hydrogens is 504 g/mol. The number of likely N-dealkylation sites (tertiary alicyclic amines) is 1. The monoisotopic (exact) mass is 540 g/mol. The lowest BCUT2D eigenvalue weighted by molar-refractivity contribution is -0.186. The van der Waals surface area contributed by atoms with E-state index in [1.807, 2.05) is 66.7 Å². The maximum Gasteiger partial charge on any atom is 0.308 e. The van der Waals surface area contributed by atoms with E-state index in [0.29, 0.717) is 50.1 Å². The van der Waals surface area contributed by atoms with Gasteiger partial charge in [0.2, 0.25) is 0 Å². The Hall–Kier alpha value is -3.97. The molecule has 1 saturated carbocycles. The molecule has 0 radical (unpaired) electrons. The predicted molar refractivity (Wildman–Crippen MR) is 154 cm³/mol. The van der Waals surface area contributed by atoms with Crippen LogP contribution in [-0.4, -0.2) is 54.0 Å². The van der Waals surface area contributed by atoms with Gasteiger partial charge in [-0.2, -0.15) is 0 Å². The largest absolute Gasteiger partial charge is 0.457 e. The number of amides is 1. The first-order valence-corrected chi connectivity index (χ1v) is 13.9. The van der Waals surface area contributed by atoms with Crippen LogP contribution < -0.4 is 10.1 Å². The minimum atomic E-state index is -0.806. The highest BCUT2D eigenvalue weighted by Gasteiger charge is 2.60. The number of rotatable bonds is 7. The molecule has 0 aromatic heterocycles. The Balaban J connectivity index is 1.51. The van der Waals surface area contributed by atoms with E-state index in [0.717, 1.165) is 22.9 Å². The van der Waals surface area contributed by atoms with Crippen LogP contribution in [0.3, 0.4) is 0 Å². The van der Waals surface area contributed by atoms with E-state index in [9.17, 15) is 14.4 Å². The quantitative estimate of drug-likeness (QED) is 0.253. The Kier molecular flexibility index (Phi) is 7.76. The fourth-order valence-electron chi connectivity index (χ4n) is 6.77. The Morgan fingerprint density at radius 3 is 2.55 bits per heavy atom. The number of benzene rings is 3. The van der Waals surface area contributed by atoms with Gasteiger partial charge in [0.25, 0.3) is 5.91 Å². The average Bonchev–Trinajstić information content (AvgIpc) is 2.92. The number of hydrogen-bond donors (Lipinski definition) is 1. The lowest BCUT2D eigenvalue weighted by Crippen LogP contribution is -2.68. The molecule has 1 heterocycles. The third kappa shape index (κ3) is 5.39. The molecular formula is C33H36N2O5. The summed E-state index contributed by atoms with van der Waals surface area (Å²) in [6, 6.07) is 21.1. The topological polar surface area (TPSA) is 84.9 Å². The van der Waals surface area contributed by atoms with E-state index in [2.05, 4.69) is 16.8 Å². The summed E-state index contributed by atoms with van der Waals surface area (Å²) in [5.74, 6) is -0.402. The van der Waals surface area contributed by atoms with Crippen molar-refractivity contribution in [1.29, 1.82) is 0 Å². The van der Waals surface area contributed by atoms with Gasteiger partial charge in [-0.15, -0.1) is 6.58 Å². The van der Waals surface area contributed by atoms with Crippen molar-refractivity contribution in [3.63, 3.8) is 0 Å². The van der Waals surface area contributed by atoms with Crippen molar-refractivity contribution in [3.8, 4) is 5.75 Å². The van der Waals surface area contributed by atoms with E-state index in [1.165, 1.54) is 13.8 Å². The van der Waals surface area contributed by atoms with E-state index in [4.69, 9.17) is 9.47 Å². The molecule has 1 saturated heterocycles. The second kappa shape index (κ2) is 11.3. The first-order chi connectivity index (χ1) is 19.2. The van der Waals surface area contributed by atoms with Crippen LogP contribution in [0.5, 0.6) is 5.75 Å². The predicted octanol–water partition coefficient (Wildman–Crippen LogP) is 5.18. The van der Waals surface area contributed by atoms with Crippen molar-refractivity contribution in [3.05, 3.63) is 90.5 Å². The first kappa shape index (κ1) is 27.6. The van der Waals surface area contributed by atoms with Crippen molar-refractivity contribution < 1.29 is 23.9 Å². The molecule has 40 heavy (non-hydrogen) atoms. The summed E-state index contributed by atoms with van der Waals surface area (Å²) >= 11 is 0. The van der Waals surface area contributed by atoms with Crippen molar-refractivity contribution in [2.75, 3.05) is 19.6 Å². The number of piperidine rings is 1. The minimum Gasteiger partial charge on any atom is -0.457 e. The summed E-state index contributed by atoms with van der Waals surface area (Å²) in [6.45, 7) is 8.76. The van der Waals surface area contributed by atoms with Gasteiger partial charge >= 0.3 is 11.9 Å². The van der Waals surface area contributed by atoms with Gasteiger partial charge in [-0.05, 0) is 72.8 Å². The molecule has 5 rings (SSSR count). The molecule has 3 aromatic rings. The Morgan fingerprint density at radius 2 is 1.80 bits per heavy atom. The third-order valence-corrected chi connectivity index (χ3v) is 8.42. The van der Waals surface area contributed by atoms with Crippen LogP contribution in [0.2, 0.25) is 0 Å². The van der Waals surface area contributed by atoms with Crippen LogP contribution in [0.25, 0.3) is 10.8 Å². The number of carbonyl (C=O) groups excluding carboxylic acids is 3. The fraction of sp³-hybridized carbons (Fsp3) is 0.364. The Bertz CT molecular complexity index is 1450. The normalized spacial score (nSPS) is 24.5. The molecule has 3 aromatic carbocycles. The molecule has 1 aliphatic carbocycles. The zero-order valence-electron chi connectivity index (χ0n) is 23.2. The number of nitrogens with one attached hydrogen (secondary N) is 1. The van der Waals surface area contributed by atoms with Crippen LogP contribution in [0.15, 0.2) is 79.4 Å².